The van der Waals surface area contributed by atoms with Crippen molar-refractivity contribution in [2.45, 2.75) is 78.0 Å². The second kappa shape index (κ2) is 20.7. The van der Waals surface area contributed by atoms with Crippen LogP contribution in [0, 0.1) is 0 Å². The monoisotopic (exact) mass is 890 g/mol. The molecule has 0 spiro atoms. The highest BCUT2D eigenvalue weighted by molar-refractivity contribution is 9.10. The minimum absolute atomic E-state index is 0.0997. The molecule has 2 heterocycles. The fraction of sp³-hybridized carbons (Fsp3) is 0.318. The van der Waals surface area contributed by atoms with Crippen molar-refractivity contribution in [3.63, 3.8) is 0 Å². The molecular formula is C44H48Br2N2O8. The van der Waals surface area contributed by atoms with Crippen LogP contribution in [0.1, 0.15) is 61.8 Å². The highest BCUT2D eigenvalue weighted by atomic mass is 79.9. The van der Waals surface area contributed by atoms with Gasteiger partial charge in [0.15, 0.2) is 12.6 Å². The van der Waals surface area contributed by atoms with Crippen molar-refractivity contribution in [2.75, 3.05) is 13.2 Å². The average molecular weight is 893 g/mol. The van der Waals surface area contributed by atoms with Gasteiger partial charge in [-0.1, -0.05) is 60.7 Å². The van der Waals surface area contributed by atoms with E-state index < -0.39 is 12.6 Å². The van der Waals surface area contributed by atoms with E-state index in [9.17, 15) is 9.59 Å². The van der Waals surface area contributed by atoms with Gasteiger partial charge in [-0.15, -0.1) is 0 Å². The summed E-state index contributed by atoms with van der Waals surface area (Å²) in [7, 11) is 0. The van der Waals surface area contributed by atoms with Crippen LogP contribution in [0.2, 0.25) is 0 Å². The summed E-state index contributed by atoms with van der Waals surface area (Å²) < 4.78 is 17.7. The summed E-state index contributed by atoms with van der Waals surface area (Å²) in [6.07, 6.45) is -0.276. The molecule has 0 amide bonds. The number of aliphatic hydroxyl groups is 4. The third-order valence-corrected chi connectivity index (χ3v) is 10.9. The molecule has 0 fully saturated rings. The number of aromatic nitrogens is 2. The van der Waals surface area contributed by atoms with Crippen molar-refractivity contribution in [2.24, 2.45) is 0 Å². The molecule has 0 radical (unpaired) electrons. The number of nitrogens with zero attached hydrogens (tertiary/aromatic N) is 2. The number of ether oxygens (including phenoxy) is 2. The summed E-state index contributed by atoms with van der Waals surface area (Å²) in [6, 6.07) is 32.1. The van der Waals surface area contributed by atoms with Crippen molar-refractivity contribution in [1.29, 1.82) is 0 Å². The fourth-order valence-corrected chi connectivity index (χ4v) is 7.85. The minimum atomic E-state index is -1.31. The maximum Gasteiger partial charge on any atom is 0.151 e. The molecule has 0 saturated carbocycles. The number of fused-ring (bicyclic) bond motifs is 2. The molecule has 4 aromatic carbocycles. The highest BCUT2D eigenvalue weighted by Crippen LogP contribution is 2.36. The predicted octanol–water partition coefficient (Wildman–Crippen LogP) is 8.11. The summed E-state index contributed by atoms with van der Waals surface area (Å²) in [5.41, 5.74) is 6.33. The summed E-state index contributed by atoms with van der Waals surface area (Å²) in [4.78, 5) is 23.7. The lowest BCUT2D eigenvalue weighted by Crippen LogP contribution is -2.07. The first-order chi connectivity index (χ1) is 26.9. The van der Waals surface area contributed by atoms with Crippen LogP contribution in [0.5, 0.6) is 11.5 Å². The third-order valence-electron chi connectivity index (χ3n) is 9.11. The van der Waals surface area contributed by atoms with Gasteiger partial charge < -0.3 is 39.0 Å². The van der Waals surface area contributed by atoms with Crippen LogP contribution in [0.25, 0.3) is 21.8 Å². The Morgan fingerprint density at radius 1 is 0.589 bits per heavy atom. The van der Waals surface area contributed by atoms with E-state index in [1.54, 1.807) is 13.8 Å². The van der Waals surface area contributed by atoms with E-state index in [2.05, 4.69) is 65.3 Å². The molecule has 4 N–H and O–H groups in total. The van der Waals surface area contributed by atoms with Crippen molar-refractivity contribution in [1.82, 2.24) is 9.13 Å². The molecule has 0 aliphatic heterocycles. The van der Waals surface area contributed by atoms with Gasteiger partial charge in [0, 0.05) is 60.6 Å². The Kier molecular flexibility index (Phi) is 15.9. The van der Waals surface area contributed by atoms with Crippen LogP contribution in [-0.4, -0.2) is 66.9 Å². The maximum absolute atomic E-state index is 11.8. The quantitative estimate of drug-likeness (QED) is 0.0501. The molecule has 56 heavy (non-hydrogen) atoms. The number of ketones is 2. The molecule has 12 heteroatoms. The number of carbonyl (C=O) groups is 2. The molecule has 2 aromatic heterocycles. The molecule has 10 nitrogen and oxygen atoms in total. The Hall–Kier alpha value is -4.30. The van der Waals surface area contributed by atoms with E-state index in [4.69, 9.17) is 29.9 Å². The van der Waals surface area contributed by atoms with Crippen molar-refractivity contribution in [3.05, 3.63) is 129 Å². The Bertz CT molecular complexity index is 2060. The van der Waals surface area contributed by atoms with Crippen LogP contribution in [-0.2, 0) is 35.5 Å². The number of carbonyl (C=O) groups excluding carboxylic acids is 2. The lowest BCUT2D eigenvalue weighted by atomic mass is 10.1. The molecule has 0 atom stereocenters. The number of Topliss-reactive ketones (excluding diaryl/α,β-unsaturated/α-hetero) is 2. The zero-order valence-corrected chi connectivity index (χ0v) is 34.7. The van der Waals surface area contributed by atoms with Gasteiger partial charge in [-0.25, -0.2) is 0 Å². The van der Waals surface area contributed by atoms with E-state index in [0.717, 1.165) is 42.1 Å². The summed E-state index contributed by atoms with van der Waals surface area (Å²) in [6.45, 7) is 5.38. The third kappa shape index (κ3) is 11.9. The predicted molar refractivity (Wildman–Crippen MR) is 225 cm³/mol. The van der Waals surface area contributed by atoms with Gasteiger partial charge in [0.1, 0.15) is 23.1 Å². The Balaban J connectivity index is 0.000000214. The summed E-state index contributed by atoms with van der Waals surface area (Å²) >= 11 is 7.40. The van der Waals surface area contributed by atoms with Crippen molar-refractivity contribution < 1.29 is 39.5 Å². The SMILES string of the molecule is CC(=O)Cc1c(Br)n(Cc2ccccc2)c2ccc(OCCCC(O)O)cc12.CC(=O)Cc1c(Br)n(Cc2ccccc2)c2ccc(OCCCC(O)O)cc12. The molecular weight excluding hydrogens is 844 g/mol. The topological polar surface area (TPSA) is 143 Å². The standard InChI is InChI=1S/2C22H24BrNO4/c2*1-15(25)12-19-18-13-17(28-11-5-8-21(26)27)9-10-20(18)24(22(19)23)14-16-6-3-2-4-7-16/h2*2-4,6-7,9-10,13,21,26-27H,5,8,11-12,14H2,1H3. The molecule has 0 unspecified atom stereocenters. The first-order valence-corrected chi connectivity index (χ1v) is 20.2. The minimum Gasteiger partial charge on any atom is -0.494 e. The Labute approximate surface area is 343 Å². The normalized spacial score (nSPS) is 11.3. The van der Waals surface area contributed by atoms with Crippen molar-refractivity contribution >= 4 is 65.2 Å². The molecule has 6 aromatic rings. The van der Waals surface area contributed by atoms with Crippen LogP contribution in [0.3, 0.4) is 0 Å². The zero-order chi connectivity index (χ0) is 40.2. The van der Waals surface area contributed by atoms with Gasteiger partial charge >= 0.3 is 0 Å². The van der Waals surface area contributed by atoms with Crippen LogP contribution in [0.4, 0.5) is 0 Å². The summed E-state index contributed by atoms with van der Waals surface area (Å²) in [5, 5.41) is 37.7. The van der Waals surface area contributed by atoms with E-state index in [0.29, 0.717) is 63.5 Å². The van der Waals surface area contributed by atoms with Gasteiger partial charge in [-0.3, -0.25) is 9.59 Å². The number of hydrogen-bond acceptors (Lipinski definition) is 8. The average Bonchev–Trinajstić information content (AvgIpc) is 3.56. The van der Waals surface area contributed by atoms with Crippen LogP contribution < -0.4 is 9.47 Å². The fourth-order valence-electron chi connectivity index (χ4n) is 6.51. The Morgan fingerprint density at radius 3 is 1.30 bits per heavy atom. The van der Waals surface area contributed by atoms with E-state index in [1.165, 1.54) is 11.1 Å². The van der Waals surface area contributed by atoms with Gasteiger partial charge in [-0.2, -0.15) is 0 Å². The smallest absolute Gasteiger partial charge is 0.151 e. The van der Waals surface area contributed by atoms with Gasteiger partial charge in [0.05, 0.1) is 22.4 Å². The molecule has 0 aliphatic carbocycles. The second-order valence-corrected chi connectivity index (χ2v) is 15.2. The first kappa shape index (κ1) is 42.8. The molecule has 6 rings (SSSR count). The van der Waals surface area contributed by atoms with E-state index in [-0.39, 0.29) is 24.4 Å². The number of rotatable bonds is 18. The van der Waals surface area contributed by atoms with E-state index in [1.807, 2.05) is 72.8 Å². The van der Waals surface area contributed by atoms with Gasteiger partial charge in [0.2, 0.25) is 0 Å². The Morgan fingerprint density at radius 2 is 0.964 bits per heavy atom. The van der Waals surface area contributed by atoms with E-state index >= 15 is 0 Å². The molecule has 0 bridgehead atoms. The number of hydrogen-bond donors (Lipinski definition) is 4. The number of halogens is 2. The second-order valence-electron chi connectivity index (χ2n) is 13.7. The lowest BCUT2D eigenvalue weighted by molar-refractivity contribution is -0.117. The lowest BCUT2D eigenvalue weighted by Gasteiger charge is -2.09. The van der Waals surface area contributed by atoms with Gasteiger partial charge in [-0.05, 0) is 117 Å². The molecule has 296 valence electrons. The van der Waals surface area contributed by atoms with Crippen LogP contribution in [0.15, 0.2) is 106 Å². The number of aliphatic hydroxyl groups excluding tert-OH is 2. The molecule has 0 saturated heterocycles. The highest BCUT2D eigenvalue weighted by Gasteiger charge is 2.19. The van der Waals surface area contributed by atoms with Crippen molar-refractivity contribution in [3.8, 4) is 11.5 Å². The van der Waals surface area contributed by atoms with Gasteiger partial charge in [0.25, 0.3) is 0 Å². The summed E-state index contributed by atoms with van der Waals surface area (Å²) in [5.74, 6) is 1.61. The first-order valence-electron chi connectivity index (χ1n) is 18.6. The van der Waals surface area contributed by atoms with Crippen LogP contribution >= 0.6 is 31.9 Å². The maximum atomic E-state index is 11.8. The zero-order valence-electron chi connectivity index (χ0n) is 31.5. The largest absolute Gasteiger partial charge is 0.494 e. The molecule has 0 aliphatic rings. The number of benzene rings is 4.